The summed E-state index contributed by atoms with van der Waals surface area (Å²) in [5.41, 5.74) is 8.10. The Morgan fingerprint density at radius 1 is 1.00 bits per heavy atom. The molecule has 26 heavy (non-hydrogen) atoms. The van der Waals surface area contributed by atoms with Crippen molar-refractivity contribution >= 4 is 5.84 Å². The fourth-order valence-corrected chi connectivity index (χ4v) is 2.22. The molecule has 0 aliphatic carbocycles. The quantitative estimate of drug-likeness (QED) is 0.398. The predicted molar refractivity (Wildman–Crippen MR) is 97.0 cm³/mol. The zero-order chi connectivity index (χ0) is 18.4. The van der Waals surface area contributed by atoms with Gasteiger partial charge in [0.2, 0.25) is 5.89 Å². The van der Waals surface area contributed by atoms with E-state index < -0.39 is 0 Å². The molecule has 7 nitrogen and oxygen atoms in total. The molecular formula is C19H19N3O4. The van der Waals surface area contributed by atoms with E-state index in [4.69, 9.17) is 24.5 Å². The average molecular weight is 353 g/mol. The van der Waals surface area contributed by atoms with E-state index in [1.165, 1.54) is 6.26 Å². The van der Waals surface area contributed by atoms with Crippen molar-refractivity contribution < 1.29 is 18.7 Å². The van der Waals surface area contributed by atoms with Crippen LogP contribution in [0.4, 0.5) is 0 Å². The second-order valence-electron chi connectivity index (χ2n) is 5.35. The van der Waals surface area contributed by atoms with Crippen molar-refractivity contribution in [1.29, 1.82) is 0 Å². The maximum absolute atomic E-state index is 5.90. The van der Waals surface area contributed by atoms with Crippen LogP contribution in [0.15, 0.2) is 64.4 Å². The number of nitrogens with zero attached hydrogens (tertiary/aromatic N) is 2. The van der Waals surface area contributed by atoms with Crippen molar-refractivity contribution in [2.75, 3.05) is 14.2 Å². The van der Waals surface area contributed by atoms with E-state index in [-0.39, 0.29) is 12.4 Å². The van der Waals surface area contributed by atoms with Gasteiger partial charge in [0, 0.05) is 11.1 Å². The molecule has 0 aliphatic heterocycles. The van der Waals surface area contributed by atoms with Crippen molar-refractivity contribution in [3.8, 4) is 23.0 Å². The predicted octanol–water partition coefficient (Wildman–Crippen LogP) is 3.20. The number of oxime groups is 1. The Bertz CT molecular complexity index is 871. The number of benzene rings is 2. The summed E-state index contributed by atoms with van der Waals surface area (Å²) in [5.74, 6) is 2.29. The summed E-state index contributed by atoms with van der Waals surface area (Å²) in [6.45, 7) is 0.149. The van der Waals surface area contributed by atoms with E-state index in [0.29, 0.717) is 11.6 Å². The molecule has 0 fully saturated rings. The lowest BCUT2D eigenvalue weighted by atomic mass is 10.2. The molecule has 0 amide bonds. The number of rotatable bonds is 7. The van der Waals surface area contributed by atoms with Crippen LogP contribution in [0.1, 0.15) is 11.3 Å². The number of aromatic nitrogens is 1. The number of methoxy groups -OCH3 is 2. The van der Waals surface area contributed by atoms with Crippen LogP contribution in [0.3, 0.4) is 0 Å². The lowest BCUT2D eigenvalue weighted by molar-refractivity contribution is 0.127. The third-order valence-corrected chi connectivity index (χ3v) is 3.65. The minimum Gasteiger partial charge on any atom is -0.497 e. The molecule has 0 saturated carbocycles. The zero-order valence-corrected chi connectivity index (χ0v) is 14.5. The molecule has 1 aromatic heterocycles. The first-order valence-corrected chi connectivity index (χ1v) is 7.88. The molecule has 0 saturated heterocycles. The summed E-state index contributed by atoms with van der Waals surface area (Å²) in [6, 6.07) is 14.6. The molecule has 0 bridgehead atoms. The number of hydrogen-bond acceptors (Lipinski definition) is 6. The van der Waals surface area contributed by atoms with Gasteiger partial charge in [0.15, 0.2) is 12.4 Å². The van der Waals surface area contributed by atoms with Gasteiger partial charge in [-0.05, 0) is 48.5 Å². The third-order valence-electron chi connectivity index (χ3n) is 3.65. The van der Waals surface area contributed by atoms with Crippen LogP contribution < -0.4 is 15.2 Å². The SMILES string of the molecule is COc1ccc(/C(N)=N/OCc2coc(-c3ccc(OC)cc3)n2)cc1. The first kappa shape index (κ1) is 17.3. The summed E-state index contributed by atoms with van der Waals surface area (Å²) >= 11 is 0. The largest absolute Gasteiger partial charge is 0.497 e. The smallest absolute Gasteiger partial charge is 0.226 e. The Morgan fingerprint density at radius 2 is 1.62 bits per heavy atom. The second-order valence-corrected chi connectivity index (χ2v) is 5.35. The average Bonchev–Trinajstić information content (AvgIpc) is 3.17. The summed E-state index contributed by atoms with van der Waals surface area (Å²) in [5, 5.41) is 3.91. The lowest BCUT2D eigenvalue weighted by Gasteiger charge is -2.03. The van der Waals surface area contributed by atoms with Gasteiger partial charge in [-0.3, -0.25) is 0 Å². The highest BCUT2D eigenvalue weighted by atomic mass is 16.6. The number of oxazole rings is 1. The molecule has 0 atom stereocenters. The van der Waals surface area contributed by atoms with Gasteiger partial charge in [0.05, 0.1) is 14.2 Å². The first-order chi connectivity index (χ1) is 12.7. The standard InChI is InChI=1S/C19H19N3O4/c1-23-16-7-3-13(4-8-16)18(20)22-26-12-15-11-25-19(21-15)14-5-9-17(24-2)10-6-14/h3-11H,12H2,1-2H3,(H2,20,22). The number of amidine groups is 1. The van der Waals surface area contributed by atoms with Gasteiger partial charge in [0.1, 0.15) is 23.5 Å². The topological polar surface area (TPSA) is 92.1 Å². The Hall–Kier alpha value is -3.48. The molecule has 2 aromatic carbocycles. The van der Waals surface area contributed by atoms with E-state index >= 15 is 0 Å². The van der Waals surface area contributed by atoms with Gasteiger partial charge in [-0.2, -0.15) is 0 Å². The number of hydrogen-bond donors (Lipinski definition) is 1. The molecule has 2 N–H and O–H groups in total. The van der Waals surface area contributed by atoms with Gasteiger partial charge >= 0.3 is 0 Å². The fourth-order valence-electron chi connectivity index (χ4n) is 2.22. The van der Waals surface area contributed by atoms with Gasteiger partial charge in [-0.1, -0.05) is 5.16 Å². The Morgan fingerprint density at radius 3 is 2.23 bits per heavy atom. The monoisotopic (exact) mass is 353 g/mol. The van der Waals surface area contributed by atoms with E-state index in [0.717, 1.165) is 22.6 Å². The van der Waals surface area contributed by atoms with Crippen molar-refractivity contribution in [3.63, 3.8) is 0 Å². The molecule has 1 heterocycles. The maximum Gasteiger partial charge on any atom is 0.226 e. The van der Waals surface area contributed by atoms with E-state index in [1.54, 1.807) is 38.5 Å². The van der Waals surface area contributed by atoms with Crippen LogP contribution in [-0.4, -0.2) is 25.0 Å². The van der Waals surface area contributed by atoms with Crippen LogP contribution in [0.5, 0.6) is 11.5 Å². The molecule has 134 valence electrons. The molecule has 7 heteroatoms. The summed E-state index contributed by atoms with van der Waals surface area (Å²) in [7, 11) is 3.22. The van der Waals surface area contributed by atoms with Crippen LogP contribution >= 0.6 is 0 Å². The number of nitrogens with two attached hydrogens (primary N) is 1. The molecule has 0 unspecified atom stereocenters. The van der Waals surface area contributed by atoms with Crippen LogP contribution in [-0.2, 0) is 11.4 Å². The second kappa shape index (κ2) is 8.06. The highest BCUT2D eigenvalue weighted by Crippen LogP contribution is 2.22. The van der Waals surface area contributed by atoms with Gasteiger partial charge in [-0.25, -0.2) is 4.98 Å². The third kappa shape index (κ3) is 4.13. The summed E-state index contributed by atoms with van der Waals surface area (Å²) in [6.07, 6.45) is 1.53. The fraction of sp³-hybridized carbons (Fsp3) is 0.158. The highest BCUT2D eigenvalue weighted by Gasteiger charge is 2.08. The molecular weight excluding hydrogens is 334 g/mol. The van der Waals surface area contributed by atoms with Gasteiger partial charge in [-0.15, -0.1) is 0 Å². The van der Waals surface area contributed by atoms with Gasteiger partial charge < -0.3 is 24.5 Å². The van der Waals surface area contributed by atoms with E-state index in [1.807, 2.05) is 24.3 Å². The zero-order valence-electron chi connectivity index (χ0n) is 14.5. The van der Waals surface area contributed by atoms with Crippen LogP contribution in [0, 0.1) is 0 Å². The van der Waals surface area contributed by atoms with Crippen molar-refractivity contribution in [2.24, 2.45) is 10.9 Å². The molecule has 3 aromatic rings. The van der Waals surface area contributed by atoms with Crippen LogP contribution in [0.2, 0.25) is 0 Å². The Balaban J connectivity index is 1.60. The van der Waals surface area contributed by atoms with Gasteiger partial charge in [0.25, 0.3) is 0 Å². The summed E-state index contributed by atoms with van der Waals surface area (Å²) < 4.78 is 15.7. The molecule has 0 aliphatic rings. The molecule has 0 spiro atoms. The highest BCUT2D eigenvalue weighted by molar-refractivity contribution is 5.97. The Kier molecular flexibility index (Phi) is 5.38. The van der Waals surface area contributed by atoms with Crippen molar-refractivity contribution in [1.82, 2.24) is 4.98 Å². The number of ether oxygens (including phenoxy) is 2. The summed E-state index contributed by atoms with van der Waals surface area (Å²) in [4.78, 5) is 9.64. The minimum atomic E-state index is 0.149. The van der Waals surface area contributed by atoms with E-state index in [2.05, 4.69) is 10.1 Å². The first-order valence-electron chi connectivity index (χ1n) is 7.88. The molecule has 3 rings (SSSR count). The maximum atomic E-state index is 5.90. The normalized spacial score (nSPS) is 11.2. The molecule has 0 radical (unpaired) electrons. The minimum absolute atomic E-state index is 0.149. The lowest BCUT2D eigenvalue weighted by Crippen LogP contribution is -2.13. The van der Waals surface area contributed by atoms with E-state index in [9.17, 15) is 0 Å². The van der Waals surface area contributed by atoms with Crippen LogP contribution in [0.25, 0.3) is 11.5 Å². The Labute approximate surface area is 151 Å². The van der Waals surface area contributed by atoms with Crippen molar-refractivity contribution in [2.45, 2.75) is 6.61 Å². The van der Waals surface area contributed by atoms with Crippen molar-refractivity contribution in [3.05, 3.63) is 66.1 Å².